The van der Waals surface area contributed by atoms with Gasteiger partial charge in [0.25, 0.3) is 0 Å². The van der Waals surface area contributed by atoms with E-state index >= 15 is 0 Å². The van der Waals surface area contributed by atoms with E-state index in [4.69, 9.17) is 9.47 Å². The van der Waals surface area contributed by atoms with Crippen molar-refractivity contribution in [3.63, 3.8) is 0 Å². The second kappa shape index (κ2) is 19.4. The van der Waals surface area contributed by atoms with E-state index in [0.29, 0.717) is 26.3 Å². The van der Waals surface area contributed by atoms with E-state index in [-0.39, 0.29) is 19.6 Å². The van der Waals surface area contributed by atoms with Gasteiger partial charge in [0.1, 0.15) is 13.2 Å². The van der Waals surface area contributed by atoms with E-state index in [9.17, 15) is 9.59 Å². The first-order chi connectivity index (χ1) is 17.6. The van der Waals surface area contributed by atoms with Gasteiger partial charge in [-0.2, -0.15) is 0 Å². The van der Waals surface area contributed by atoms with Crippen molar-refractivity contribution in [2.75, 3.05) is 26.2 Å². The molecule has 3 rings (SSSR count). The summed E-state index contributed by atoms with van der Waals surface area (Å²) in [6.07, 6.45) is 10.7. The normalized spacial score (nSPS) is 12.1. The van der Waals surface area contributed by atoms with Gasteiger partial charge in [-0.3, -0.25) is 0 Å². The molecule has 2 aromatic carbocycles. The topological polar surface area (TPSA) is 59.1 Å². The van der Waals surface area contributed by atoms with Gasteiger partial charge in [-0.05, 0) is 36.8 Å². The van der Waals surface area contributed by atoms with Gasteiger partial charge >= 0.3 is 12.2 Å². The molecule has 2 aromatic rings. The Morgan fingerprint density at radius 3 is 1.70 bits per heavy atom. The van der Waals surface area contributed by atoms with Crippen LogP contribution in [0.5, 0.6) is 0 Å². The Labute approximate surface area is 222 Å². The minimum atomic E-state index is -0.285. The van der Waals surface area contributed by atoms with E-state index in [2.05, 4.69) is 25.3 Å². The number of rotatable bonds is 10. The summed E-state index contributed by atoms with van der Waals surface area (Å²) in [6.45, 7) is 10.8. The molecule has 0 radical (unpaired) electrons. The summed E-state index contributed by atoms with van der Waals surface area (Å²) < 4.78 is 10.6. The molecule has 0 saturated heterocycles. The minimum absolute atomic E-state index is 0. The Bertz CT molecular complexity index is 922. The molecule has 0 unspecified atom stereocenters. The lowest BCUT2D eigenvalue weighted by atomic mass is 10.2. The molecule has 200 valence electrons. The first-order valence-corrected chi connectivity index (χ1v) is 12.4. The fraction of sp³-hybridized carbons (Fsp3) is 0.355. The van der Waals surface area contributed by atoms with E-state index in [1.807, 2.05) is 60.7 Å². The lowest BCUT2D eigenvalue weighted by molar-refractivity contribution is 0.0969. The summed E-state index contributed by atoms with van der Waals surface area (Å²) in [5.74, 6) is 0. The van der Waals surface area contributed by atoms with Crippen LogP contribution in [0.2, 0.25) is 0 Å². The molecule has 0 bridgehead atoms. The molecular weight excluding hydrogens is 464 g/mol. The second-order valence-corrected chi connectivity index (χ2v) is 8.26. The van der Waals surface area contributed by atoms with E-state index in [1.165, 1.54) is 0 Å². The average Bonchev–Trinajstić information content (AvgIpc) is 3.22. The van der Waals surface area contributed by atoms with Crippen LogP contribution in [0.1, 0.15) is 44.2 Å². The van der Waals surface area contributed by atoms with Gasteiger partial charge in [0.2, 0.25) is 0 Å². The van der Waals surface area contributed by atoms with E-state index < -0.39 is 0 Å². The van der Waals surface area contributed by atoms with Crippen molar-refractivity contribution in [2.24, 2.45) is 0 Å². The molecule has 0 N–H and O–H groups in total. The summed E-state index contributed by atoms with van der Waals surface area (Å²) >= 11 is 0. The Morgan fingerprint density at radius 2 is 1.24 bits per heavy atom. The predicted molar refractivity (Wildman–Crippen MR) is 151 cm³/mol. The van der Waals surface area contributed by atoms with Crippen molar-refractivity contribution >= 4 is 12.2 Å². The lowest BCUT2D eigenvalue weighted by Crippen LogP contribution is -2.33. The van der Waals surface area contributed by atoms with Crippen LogP contribution in [0.15, 0.2) is 98.1 Å². The molecule has 0 saturated carbocycles. The SMILES string of the molecule is C.C=CCCN(CCC=C)C(=O)OCc1ccccc1.O=C(OCc1ccccc1)N1CCC=CCC1. The molecule has 0 spiro atoms. The number of ether oxygens (including phenoxy) is 2. The van der Waals surface area contributed by atoms with Crippen LogP contribution < -0.4 is 0 Å². The molecule has 0 fully saturated rings. The highest BCUT2D eigenvalue weighted by Gasteiger charge is 2.15. The number of hydrogen-bond donors (Lipinski definition) is 0. The maximum Gasteiger partial charge on any atom is 0.410 e. The van der Waals surface area contributed by atoms with E-state index in [0.717, 1.165) is 49.9 Å². The monoisotopic (exact) mass is 506 g/mol. The summed E-state index contributed by atoms with van der Waals surface area (Å²) in [4.78, 5) is 27.2. The standard InChI is InChI=1S/C16H21NO2.C14H17NO2.CH4/c1-3-5-12-17(13-6-4-2)16(18)19-14-15-10-8-7-9-11-15;16-14(15-10-6-1-2-7-11-15)17-12-13-8-4-3-5-9-13;/h3-4,7-11H,1-2,5-6,12-14H2;1-5,8-9H,6-7,10-12H2;1H4. The third-order valence-corrected chi connectivity index (χ3v) is 5.43. The number of carbonyl (C=O) groups is 2. The van der Waals surface area contributed by atoms with Crippen molar-refractivity contribution in [3.05, 3.63) is 109 Å². The van der Waals surface area contributed by atoms with Gasteiger partial charge in [0.15, 0.2) is 0 Å². The first kappa shape index (κ1) is 31.2. The molecule has 1 heterocycles. The van der Waals surface area contributed by atoms with Gasteiger partial charge < -0.3 is 19.3 Å². The summed E-state index contributed by atoms with van der Waals surface area (Å²) in [5, 5.41) is 0. The smallest absolute Gasteiger partial charge is 0.410 e. The average molecular weight is 507 g/mol. The molecule has 0 aliphatic carbocycles. The second-order valence-electron chi connectivity index (χ2n) is 8.26. The number of amides is 2. The summed E-state index contributed by atoms with van der Waals surface area (Å²) in [6, 6.07) is 19.4. The number of nitrogens with zero attached hydrogens (tertiary/aromatic N) is 2. The fourth-order valence-corrected chi connectivity index (χ4v) is 3.40. The van der Waals surface area contributed by atoms with Crippen molar-refractivity contribution in [1.29, 1.82) is 0 Å². The van der Waals surface area contributed by atoms with Crippen molar-refractivity contribution in [3.8, 4) is 0 Å². The van der Waals surface area contributed by atoms with Crippen LogP contribution in [-0.2, 0) is 22.7 Å². The van der Waals surface area contributed by atoms with Gasteiger partial charge in [-0.1, -0.05) is 92.4 Å². The zero-order valence-corrected chi connectivity index (χ0v) is 21.1. The van der Waals surface area contributed by atoms with Crippen LogP contribution in [0.4, 0.5) is 9.59 Å². The van der Waals surface area contributed by atoms with Crippen LogP contribution >= 0.6 is 0 Å². The summed E-state index contributed by atoms with van der Waals surface area (Å²) in [7, 11) is 0. The molecule has 37 heavy (non-hydrogen) atoms. The highest BCUT2D eigenvalue weighted by molar-refractivity contribution is 5.68. The molecule has 0 aromatic heterocycles. The Balaban J connectivity index is 0.000000362. The number of benzene rings is 2. The zero-order valence-electron chi connectivity index (χ0n) is 21.1. The maximum atomic E-state index is 12.0. The highest BCUT2D eigenvalue weighted by Crippen LogP contribution is 2.08. The zero-order chi connectivity index (χ0) is 25.8. The van der Waals surface area contributed by atoms with Crippen molar-refractivity contribution < 1.29 is 19.1 Å². The summed E-state index contributed by atoms with van der Waals surface area (Å²) in [5.41, 5.74) is 2.01. The van der Waals surface area contributed by atoms with Crippen molar-refractivity contribution in [2.45, 2.75) is 46.3 Å². The Kier molecular flexibility index (Phi) is 16.4. The minimum Gasteiger partial charge on any atom is -0.445 e. The van der Waals surface area contributed by atoms with E-state index in [1.54, 1.807) is 22.0 Å². The molecule has 6 heteroatoms. The lowest BCUT2D eigenvalue weighted by Gasteiger charge is -2.21. The highest BCUT2D eigenvalue weighted by atomic mass is 16.6. The number of carbonyl (C=O) groups excluding carboxylic acids is 2. The Morgan fingerprint density at radius 1 is 0.784 bits per heavy atom. The van der Waals surface area contributed by atoms with Gasteiger partial charge in [0, 0.05) is 26.2 Å². The first-order valence-electron chi connectivity index (χ1n) is 12.4. The van der Waals surface area contributed by atoms with Crippen LogP contribution in [0.3, 0.4) is 0 Å². The third-order valence-electron chi connectivity index (χ3n) is 5.43. The molecular formula is C31H42N2O4. The number of hydrogen-bond acceptors (Lipinski definition) is 4. The molecule has 6 nitrogen and oxygen atoms in total. The van der Waals surface area contributed by atoms with Crippen LogP contribution in [-0.4, -0.2) is 48.2 Å². The van der Waals surface area contributed by atoms with Crippen LogP contribution in [0.25, 0.3) is 0 Å². The van der Waals surface area contributed by atoms with Crippen LogP contribution in [0, 0.1) is 0 Å². The quantitative estimate of drug-likeness (QED) is 0.315. The Hall–Kier alpha value is -3.80. The largest absolute Gasteiger partial charge is 0.445 e. The molecule has 2 amide bonds. The van der Waals surface area contributed by atoms with Gasteiger partial charge in [-0.15, -0.1) is 13.2 Å². The van der Waals surface area contributed by atoms with Gasteiger partial charge in [-0.25, -0.2) is 9.59 Å². The molecule has 1 aliphatic rings. The van der Waals surface area contributed by atoms with Crippen molar-refractivity contribution in [1.82, 2.24) is 9.80 Å². The maximum absolute atomic E-state index is 12.0. The fourth-order valence-electron chi connectivity index (χ4n) is 3.40. The molecule has 0 atom stereocenters. The molecule has 1 aliphatic heterocycles. The van der Waals surface area contributed by atoms with Gasteiger partial charge in [0.05, 0.1) is 0 Å². The predicted octanol–water partition coefficient (Wildman–Crippen LogP) is 7.39. The third kappa shape index (κ3) is 13.2.